The molecule has 1 aromatic carbocycles. The Balaban J connectivity index is 2.38. The summed E-state index contributed by atoms with van der Waals surface area (Å²) in [5.74, 6) is -2.91. The number of hydrogen-bond donors (Lipinski definition) is 3. The number of nitrogens with one attached hydrogen (secondary N) is 1. The summed E-state index contributed by atoms with van der Waals surface area (Å²) in [4.78, 5) is 14.5. The van der Waals surface area contributed by atoms with Crippen molar-refractivity contribution < 1.29 is 18.7 Å². The highest BCUT2D eigenvalue weighted by molar-refractivity contribution is 6.33. The van der Waals surface area contributed by atoms with Crippen molar-refractivity contribution in [3.63, 3.8) is 0 Å². The molecule has 0 saturated heterocycles. The fourth-order valence-corrected chi connectivity index (χ4v) is 1.72. The van der Waals surface area contributed by atoms with Crippen LogP contribution in [-0.4, -0.2) is 16.1 Å². The molecule has 0 aliphatic rings. The van der Waals surface area contributed by atoms with Crippen molar-refractivity contribution in [1.29, 1.82) is 0 Å². The Morgan fingerprint density at radius 3 is 2.60 bits per heavy atom. The minimum Gasteiger partial charge on any atom is -0.478 e. The normalized spacial score (nSPS) is 10.3. The first-order chi connectivity index (χ1) is 9.38. The molecule has 20 heavy (non-hydrogen) atoms. The zero-order valence-electron chi connectivity index (χ0n) is 9.82. The van der Waals surface area contributed by atoms with Crippen LogP contribution in [0.5, 0.6) is 0 Å². The summed E-state index contributed by atoms with van der Waals surface area (Å²) < 4.78 is 26.5. The van der Waals surface area contributed by atoms with Crippen LogP contribution in [0.1, 0.15) is 10.4 Å². The molecule has 0 saturated carbocycles. The molecule has 0 bridgehead atoms. The number of carboxylic acid groups (broad SMARTS) is 1. The molecule has 5 nitrogen and oxygen atoms in total. The zero-order chi connectivity index (χ0) is 14.9. The molecule has 104 valence electrons. The van der Waals surface area contributed by atoms with Gasteiger partial charge in [-0.05, 0) is 12.1 Å². The molecular weight excluding hydrogens is 292 g/mol. The van der Waals surface area contributed by atoms with Crippen molar-refractivity contribution in [2.75, 3.05) is 11.1 Å². The Kier molecular flexibility index (Phi) is 3.71. The van der Waals surface area contributed by atoms with Crippen LogP contribution < -0.4 is 11.1 Å². The molecule has 0 unspecified atom stereocenters. The van der Waals surface area contributed by atoms with Gasteiger partial charge < -0.3 is 16.2 Å². The highest BCUT2D eigenvalue weighted by Crippen LogP contribution is 2.30. The smallest absolute Gasteiger partial charge is 0.337 e. The molecule has 2 rings (SSSR count). The number of hydrogen-bond acceptors (Lipinski definition) is 4. The van der Waals surface area contributed by atoms with E-state index in [0.717, 1.165) is 18.3 Å². The van der Waals surface area contributed by atoms with Gasteiger partial charge in [0.15, 0.2) is 11.6 Å². The summed E-state index contributed by atoms with van der Waals surface area (Å²) >= 11 is 5.71. The third-order valence-electron chi connectivity index (χ3n) is 2.41. The maximum absolute atomic E-state index is 13.6. The lowest BCUT2D eigenvalue weighted by atomic mass is 10.2. The fraction of sp³-hybridized carbons (Fsp3) is 0. The number of halogens is 3. The number of carbonyl (C=O) groups is 1. The number of aromatic nitrogens is 1. The van der Waals surface area contributed by atoms with Crippen LogP contribution in [0.3, 0.4) is 0 Å². The number of nitrogen functional groups attached to an aromatic ring is 1. The van der Waals surface area contributed by atoms with Gasteiger partial charge >= 0.3 is 5.97 Å². The van der Waals surface area contributed by atoms with Crippen LogP contribution in [-0.2, 0) is 0 Å². The molecule has 0 aliphatic carbocycles. The van der Waals surface area contributed by atoms with Crippen molar-refractivity contribution >= 4 is 34.8 Å². The standard InChI is InChI=1S/C12H8ClF2N3O2/c13-7-2-6(14)3-8(15)10(7)18-11-9(16)1-5(4-17-11)12(19)20/h1-4H,16H2,(H,17,18)(H,19,20). The Morgan fingerprint density at radius 2 is 2.05 bits per heavy atom. The number of nitrogens with zero attached hydrogens (tertiary/aromatic N) is 1. The predicted octanol–water partition coefficient (Wildman–Crippen LogP) is 3.04. The van der Waals surface area contributed by atoms with Gasteiger partial charge in [0.2, 0.25) is 0 Å². The van der Waals surface area contributed by atoms with Gasteiger partial charge in [-0.3, -0.25) is 0 Å². The predicted molar refractivity (Wildman–Crippen MR) is 70.3 cm³/mol. The second kappa shape index (κ2) is 5.30. The number of carboxylic acids is 1. The number of nitrogens with two attached hydrogens (primary N) is 1. The van der Waals surface area contributed by atoms with Gasteiger partial charge in [0, 0.05) is 12.3 Å². The van der Waals surface area contributed by atoms with E-state index in [1.165, 1.54) is 0 Å². The maximum atomic E-state index is 13.6. The third-order valence-corrected chi connectivity index (χ3v) is 2.71. The lowest BCUT2D eigenvalue weighted by Crippen LogP contribution is -2.05. The molecule has 8 heteroatoms. The van der Waals surface area contributed by atoms with Crippen LogP contribution in [0.2, 0.25) is 5.02 Å². The third kappa shape index (κ3) is 2.77. The summed E-state index contributed by atoms with van der Waals surface area (Å²) in [5, 5.41) is 11.1. The summed E-state index contributed by atoms with van der Waals surface area (Å²) in [7, 11) is 0. The molecule has 2 aromatic rings. The van der Waals surface area contributed by atoms with Crippen LogP contribution in [0.15, 0.2) is 24.4 Å². The van der Waals surface area contributed by atoms with E-state index in [-0.39, 0.29) is 27.8 Å². The summed E-state index contributed by atoms with van der Waals surface area (Å²) in [6, 6.07) is 2.73. The number of anilines is 3. The van der Waals surface area contributed by atoms with Crippen molar-refractivity contribution in [2.24, 2.45) is 0 Å². The molecule has 0 aliphatic heterocycles. The van der Waals surface area contributed by atoms with E-state index in [2.05, 4.69) is 10.3 Å². The molecule has 0 amide bonds. The number of pyridine rings is 1. The number of rotatable bonds is 3. The topological polar surface area (TPSA) is 88.2 Å². The molecule has 1 aromatic heterocycles. The second-order valence-electron chi connectivity index (χ2n) is 3.84. The Hall–Kier alpha value is -2.41. The first kappa shape index (κ1) is 14.0. The van der Waals surface area contributed by atoms with Gasteiger partial charge in [0.1, 0.15) is 5.82 Å². The zero-order valence-corrected chi connectivity index (χ0v) is 10.6. The highest BCUT2D eigenvalue weighted by atomic mass is 35.5. The molecule has 0 fully saturated rings. The molecule has 0 spiro atoms. The maximum Gasteiger partial charge on any atom is 0.337 e. The molecular formula is C12H8ClF2N3O2. The second-order valence-corrected chi connectivity index (χ2v) is 4.24. The SMILES string of the molecule is Nc1cc(C(=O)O)cnc1Nc1c(F)cc(F)cc1Cl. The van der Waals surface area contributed by atoms with Gasteiger partial charge in [-0.1, -0.05) is 11.6 Å². The lowest BCUT2D eigenvalue weighted by Gasteiger charge is -2.11. The van der Waals surface area contributed by atoms with E-state index in [4.69, 9.17) is 22.4 Å². The van der Waals surface area contributed by atoms with Gasteiger partial charge in [-0.2, -0.15) is 0 Å². The van der Waals surface area contributed by atoms with E-state index in [9.17, 15) is 13.6 Å². The lowest BCUT2D eigenvalue weighted by molar-refractivity contribution is 0.0696. The molecule has 4 N–H and O–H groups in total. The fourth-order valence-electron chi connectivity index (χ4n) is 1.48. The summed E-state index contributed by atoms with van der Waals surface area (Å²) in [5.41, 5.74) is 5.29. The average molecular weight is 300 g/mol. The highest BCUT2D eigenvalue weighted by Gasteiger charge is 2.13. The van der Waals surface area contributed by atoms with E-state index in [0.29, 0.717) is 6.07 Å². The van der Waals surface area contributed by atoms with E-state index < -0.39 is 17.6 Å². The van der Waals surface area contributed by atoms with Crippen molar-refractivity contribution in [1.82, 2.24) is 4.98 Å². The van der Waals surface area contributed by atoms with Gasteiger partial charge in [0.25, 0.3) is 0 Å². The first-order valence-corrected chi connectivity index (χ1v) is 5.66. The van der Waals surface area contributed by atoms with E-state index >= 15 is 0 Å². The summed E-state index contributed by atoms with van der Waals surface area (Å²) in [6.45, 7) is 0. The molecule has 0 atom stereocenters. The summed E-state index contributed by atoms with van der Waals surface area (Å²) in [6.07, 6.45) is 1.05. The molecule has 1 heterocycles. The largest absolute Gasteiger partial charge is 0.478 e. The first-order valence-electron chi connectivity index (χ1n) is 5.29. The van der Waals surface area contributed by atoms with Crippen molar-refractivity contribution in [3.05, 3.63) is 46.6 Å². The monoisotopic (exact) mass is 299 g/mol. The quantitative estimate of drug-likeness (QED) is 0.810. The van der Waals surface area contributed by atoms with Crippen LogP contribution in [0.4, 0.5) is 26.0 Å². The Labute approximate surface area is 117 Å². The van der Waals surface area contributed by atoms with Crippen LogP contribution in [0.25, 0.3) is 0 Å². The van der Waals surface area contributed by atoms with Crippen LogP contribution in [0, 0.1) is 11.6 Å². The van der Waals surface area contributed by atoms with Crippen molar-refractivity contribution in [3.8, 4) is 0 Å². The van der Waals surface area contributed by atoms with Crippen molar-refractivity contribution in [2.45, 2.75) is 0 Å². The molecule has 0 radical (unpaired) electrons. The average Bonchev–Trinajstić information content (AvgIpc) is 2.34. The number of benzene rings is 1. The van der Waals surface area contributed by atoms with Gasteiger partial charge in [0.05, 0.1) is 22.0 Å². The minimum atomic E-state index is -1.19. The number of aromatic carboxylic acids is 1. The van der Waals surface area contributed by atoms with E-state index in [1.807, 2.05) is 0 Å². The Morgan fingerprint density at radius 1 is 1.35 bits per heavy atom. The van der Waals surface area contributed by atoms with Gasteiger partial charge in [-0.25, -0.2) is 18.6 Å². The van der Waals surface area contributed by atoms with Crippen LogP contribution >= 0.6 is 11.6 Å². The Bertz CT molecular complexity index is 671. The van der Waals surface area contributed by atoms with Gasteiger partial charge in [-0.15, -0.1) is 0 Å². The van der Waals surface area contributed by atoms with E-state index in [1.54, 1.807) is 0 Å². The minimum absolute atomic E-state index is 0.00954.